The van der Waals surface area contributed by atoms with Crippen LogP contribution in [0.3, 0.4) is 0 Å². The predicted molar refractivity (Wildman–Crippen MR) is 85.4 cm³/mol. The molecule has 1 aromatic carbocycles. The zero-order valence-corrected chi connectivity index (χ0v) is 12.7. The summed E-state index contributed by atoms with van der Waals surface area (Å²) in [6.07, 6.45) is 2.11. The highest BCUT2D eigenvalue weighted by molar-refractivity contribution is 6.30. The highest BCUT2D eigenvalue weighted by Gasteiger charge is 2.03. The molecule has 0 unspecified atom stereocenters. The molecule has 0 fully saturated rings. The minimum atomic E-state index is -0.00664. The van der Waals surface area contributed by atoms with E-state index in [0.29, 0.717) is 24.5 Å². The molecule has 0 aliphatic carbocycles. The van der Waals surface area contributed by atoms with Gasteiger partial charge in [0.05, 0.1) is 12.2 Å². The van der Waals surface area contributed by atoms with Gasteiger partial charge in [0.25, 0.3) is 0 Å². The molecule has 5 heteroatoms. The molecule has 2 rings (SSSR count). The highest BCUT2D eigenvalue weighted by atomic mass is 35.5. The number of carbonyl (C=O) groups is 1. The molecule has 0 aliphatic rings. The smallest absolute Gasteiger partial charge is 0.222 e. The summed E-state index contributed by atoms with van der Waals surface area (Å²) in [4.78, 5) is 15.9. The summed E-state index contributed by atoms with van der Waals surface area (Å²) in [5, 5.41) is 6.75. The number of aromatic nitrogens is 1. The summed E-state index contributed by atoms with van der Waals surface area (Å²) < 4.78 is 0. The average molecular weight is 304 g/mol. The van der Waals surface area contributed by atoms with Crippen LogP contribution in [-0.4, -0.2) is 17.4 Å². The normalized spacial score (nSPS) is 10.2. The monoisotopic (exact) mass is 303 g/mol. The minimum Gasteiger partial charge on any atom is -0.384 e. The summed E-state index contributed by atoms with van der Waals surface area (Å²) >= 11 is 5.95. The van der Waals surface area contributed by atoms with Crippen LogP contribution in [0.1, 0.15) is 17.7 Å². The Morgan fingerprint density at radius 2 is 2.14 bits per heavy atom. The number of anilines is 1. The lowest BCUT2D eigenvalue weighted by molar-refractivity contribution is -0.121. The van der Waals surface area contributed by atoms with Gasteiger partial charge in [-0.05, 0) is 36.8 Å². The van der Waals surface area contributed by atoms with E-state index in [-0.39, 0.29) is 5.91 Å². The molecule has 110 valence electrons. The third kappa shape index (κ3) is 5.08. The minimum absolute atomic E-state index is 0.00664. The molecule has 0 radical (unpaired) electrons. The Hall–Kier alpha value is -2.07. The van der Waals surface area contributed by atoms with E-state index in [1.54, 1.807) is 6.20 Å². The molecular weight excluding hydrogens is 286 g/mol. The number of hydrogen-bond donors (Lipinski definition) is 2. The van der Waals surface area contributed by atoms with Crippen molar-refractivity contribution in [2.24, 2.45) is 0 Å². The largest absolute Gasteiger partial charge is 0.384 e. The van der Waals surface area contributed by atoms with Gasteiger partial charge in [0.2, 0.25) is 5.91 Å². The van der Waals surface area contributed by atoms with E-state index in [9.17, 15) is 4.79 Å². The van der Waals surface area contributed by atoms with Crippen molar-refractivity contribution in [1.82, 2.24) is 10.3 Å². The lowest BCUT2D eigenvalue weighted by Gasteiger charge is -2.10. The summed E-state index contributed by atoms with van der Waals surface area (Å²) in [7, 11) is 0. The first kappa shape index (κ1) is 15.3. The van der Waals surface area contributed by atoms with Crippen LogP contribution >= 0.6 is 11.6 Å². The first-order chi connectivity index (χ1) is 10.1. The Morgan fingerprint density at radius 1 is 1.29 bits per heavy atom. The van der Waals surface area contributed by atoms with Gasteiger partial charge in [-0.25, -0.2) is 0 Å². The van der Waals surface area contributed by atoms with Crippen molar-refractivity contribution >= 4 is 23.2 Å². The Balaban J connectivity index is 1.73. The van der Waals surface area contributed by atoms with Crippen molar-refractivity contribution in [2.75, 3.05) is 11.9 Å². The van der Waals surface area contributed by atoms with Crippen LogP contribution in [-0.2, 0) is 11.3 Å². The maximum atomic E-state index is 11.8. The number of benzene rings is 1. The molecule has 0 aliphatic heterocycles. The van der Waals surface area contributed by atoms with E-state index in [4.69, 9.17) is 11.6 Å². The first-order valence-corrected chi connectivity index (χ1v) is 7.19. The molecular formula is C16H18ClN3O. The molecule has 0 bridgehead atoms. The maximum absolute atomic E-state index is 11.8. The zero-order valence-electron chi connectivity index (χ0n) is 11.9. The van der Waals surface area contributed by atoms with Gasteiger partial charge in [-0.3, -0.25) is 9.78 Å². The summed E-state index contributed by atoms with van der Waals surface area (Å²) in [5.41, 5.74) is 2.91. The third-order valence-corrected chi connectivity index (χ3v) is 3.30. The second-order valence-corrected chi connectivity index (χ2v) is 5.17. The number of amides is 1. The van der Waals surface area contributed by atoms with Gasteiger partial charge in [-0.1, -0.05) is 23.7 Å². The Morgan fingerprint density at radius 3 is 2.90 bits per heavy atom. The molecule has 0 atom stereocenters. The maximum Gasteiger partial charge on any atom is 0.222 e. The Kier molecular flexibility index (Phi) is 5.58. The number of carbonyl (C=O) groups excluding carboxylic acids is 1. The van der Waals surface area contributed by atoms with Crippen molar-refractivity contribution in [1.29, 1.82) is 0 Å². The lowest BCUT2D eigenvalue weighted by atomic mass is 10.2. The third-order valence-electron chi connectivity index (χ3n) is 3.06. The van der Waals surface area contributed by atoms with Crippen molar-refractivity contribution in [3.63, 3.8) is 0 Å². The quantitative estimate of drug-likeness (QED) is 0.862. The molecule has 2 aromatic rings. The number of aryl methyl sites for hydroxylation is 1. The molecule has 1 aromatic heterocycles. The van der Waals surface area contributed by atoms with E-state index in [1.165, 1.54) is 0 Å². The van der Waals surface area contributed by atoms with Gasteiger partial charge in [0, 0.05) is 29.9 Å². The second-order valence-electron chi connectivity index (χ2n) is 4.73. The molecule has 21 heavy (non-hydrogen) atoms. The first-order valence-electron chi connectivity index (χ1n) is 6.82. The van der Waals surface area contributed by atoms with Crippen LogP contribution in [0.15, 0.2) is 42.6 Å². The fourth-order valence-corrected chi connectivity index (χ4v) is 2.05. The van der Waals surface area contributed by atoms with Crippen LogP contribution in [0.5, 0.6) is 0 Å². The van der Waals surface area contributed by atoms with E-state index >= 15 is 0 Å². The summed E-state index contributed by atoms with van der Waals surface area (Å²) in [6.45, 7) is 3.02. The summed E-state index contributed by atoms with van der Waals surface area (Å²) in [6, 6.07) is 11.3. The van der Waals surface area contributed by atoms with Crippen LogP contribution in [0.25, 0.3) is 0 Å². The van der Waals surface area contributed by atoms with Gasteiger partial charge in [0.1, 0.15) is 0 Å². The van der Waals surface area contributed by atoms with Crippen molar-refractivity contribution in [2.45, 2.75) is 19.9 Å². The average Bonchev–Trinajstić information content (AvgIpc) is 2.50. The van der Waals surface area contributed by atoms with Crippen LogP contribution < -0.4 is 10.6 Å². The topological polar surface area (TPSA) is 54.0 Å². The number of pyridine rings is 1. The van der Waals surface area contributed by atoms with E-state index in [2.05, 4.69) is 15.6 Å². The molecule has 4 nitrogen and oxygen atoms in total. The summed E-state index contributed by atoms with van der Waals surface area (Å²) in [5.74, 6) is -0.00664. The molecule has 0 saturated carbocycles. The van der Waals surface area contributed by atoms with E-state index < -0.39 is 0 Å². The van der Waals surface area contributed by atoms with Gasteiger partial charge < -0.3 is 10.6 Å². The van der Waals surface area contributed by atoms with Gasteiger partial charge in [-0.2, -0.15) is 0 Å². The highest BCUT2D eigenvalue weighted by Crippen LogP contribution is 2.19. The molecule has 2 N–H and O–H groups in total. The van der Waals surface area contributed by atoms with Gasteiger partial charge in [0.15, 0.2) is 0 Å². The zero-order chi connectivity index (χ0) is 15.1. The van der Waals surface area contributed by atoms with Gasteiger partial charge in [-0.15, -0.1) is 0 Å². The van der Waals surface area contributed by atoms with Crippen LogP contribution in [0, 0.1) is 6.92 Å². The number of rotatable bonds is 6. The number of nitrogens with one attached hydrogen (secondary N) is 2. The fraction of sp³-hybridized carbons (Fsp3) is 0.250. The van der Waals surface area contributed by atoms with Crippen molar-refractivity contribution < 1.29 is 4.79 Å². The van der Waals surface area contributed by atoms with E-state index in [1.807, 2.05) is 43.3 Å². The standard InChI is InChI=1S/C16H18ClN3O/c1-12-5-6-13(17)10-15(12)19-9-7-16(21)20-11-14-4-2-3-8-18-14/h2-6,8,10,19H,7,9,11H2,1H3,(H,20,21). The number of hydrogen-bond acceptors (Lipinski definition) is 3. The van der Waals surface area contributed by atoms with Crippen molar-refractivity contribution in [3.05, 3.63) is 58.9 Å². The lowest BCUT2D eigenvalue weighted by Crippen LogP contribution is -2.25. The predicted octanol–water partition coefficient (Wildman–Crippen LogP) is 3.16. The Labute approximate surface area is 129 Å². The molecule has 1 heterocycles. The number of nitrogens with zero attached hydrogens (tertiary/aromatic N) is 1. The number of halogens is 1. The van der Waals surface area contributed by atoms with Gasteiger partial charge >= 0.3 is 0 Å². The fourth-order valence-electron chi connectivity index (χ4n) is 1.88. The SMILES string of the molecule is Cc1ccc(Cl)cc1NCCC(=O)NCc1ccccn1. The van der Waals surface area contributed by atoms with E-state index in [0.717, 1.165) is 16.9 Å². The molecule has 0 saturated heterocycles. The Bertz CT molecular complexity index is 602. The van der Waals surface area contributed by atoms with Crippen LogP contribution in [0.2, 0.25) is 5.02 Å². The van der Waals surface area contributed by atoms with Crippen molar-refractivity contribution in [3.8, 4) is 0 Å². The molecule has 0 spiro atoms. The second kappa shape index (κ2) is 7.64. The molecule has 1 amide bonds. The van der Waals surface area contributed by atoms with Crippen LogP contribution in [0.4, 0.5) is 5.69 Å².